The number of ketones is 1. The van der Waals surface area contributed by atoms with Gasteiger partial charge in [-0.3, -0.25) is 14.5 Å². The van der Waals surface area contributed by atoms with Gasteiger partial charge in [-0.05, 0) is 55.3 Å². The fraction of sp³-hybridized carbons (Fsp3) is 0.179. The van der Waals surface area contributed by atoms with Gasteiger partial charge in [0, 0.05) is 11.3 Å². The average Bonchev–Trinajstić information content (AvgIpc) is 3.14. The van der Waals surface area contributed by atoms with Crippen LogP contribution >= 0.6 is 23.2 Å². The van der Waals surface area contributed by atoms with E-state index >= 15 is 0 Å². The first-order valence-electron chi connectivity index (χ1n) is 11.4. The summed E-state index contributed by atoms with van der Waals surface area (Å²) in [5.41, 5.74) is 1.93. The lowest BCUT2D eigenvalue weighted by atomic mass is 9.92. The number of hydrogen-bond donors (Lipinski definition) is 1. The highest BCUT2D eigenvalue weighted by molar-refractivity contribution is 6.52. The third-order valence-corrected chi connectivity index (χ3v) is 6.60. The quantitative estimate of drug-likeness (QED) is 0.176. The molecule has 1 unspecified atom stereocenters. The molecule has 37 heavy (non-hydrogen) atoms. The van der Waals surface area contributed by atoms with Crippen LogP contribution in [-0.4, -0.2) is 36.5 Å². The number of amides is 1. The van der Waals surface area contributed by atoms with Crippen molar-refractivity contribution < 1.29 is 29.0 Å². The smallest absolute Gasteiger partial charge is 0.338 e. The number of ether oxygens (including phenoxy) is 2. The van der Waals surface area contributed by atoms with Crippen LogP contribution < -0.4 is 9.64 Å². The molecule has 1 aliphatic rings. The van der Waals surface area contributed by atoms with Gasteiger partial charge in [-0.2, -0.15) is 0 Å². The van der Waals surface area contributed by atoms with E-state index < -0.39 is 29.5 Å². The number of aryl methyl sites for hydroxylation is 1. The average molecular weight is 540 g/mol. The standard InChI is InChI=1S/C28H23Cl2NO6/c1-4-37-28(35)16-9-7-10-18(12-16)31-23(19-11-6-5-8-15(19)2)22(25(33)27(31)34)24(32)17-13-20(29)26(36-3)21(30)14-17/h5-14,23,32H,4H2,1-3H3/b24-22+. The van der Waals surface area contributed by atoms with Gasteiger partial charge in [0.1, 0.15) is 5.76 Å². The Bertz CT molecular complexity index is 1430. The van der Waals surface area contributed by atoms with E-state index in [1.165, 1.54) is 30.2 Å². The lowest BCUT2D eigenvalue weighted by Crippen LogP contribution is -2.30. The molecular weight excluding hydrogens is 517 g/mol. The molecule has 1 amide bonds. The number of anilines is 1. The first-order valence-corrected chi connectivity index (χ1v) is 12.1. The van der Waals surface area contributed by atoms with Crippen molar-refractivity contribution in [1.82, 2.24) is 0 Å². The Morgan fingerprint density at radius 1 is 1.00 bits per heavy atom. The molecule has 0 saturated carbocycles. The Hall–Kier alpha value is -3.81. The summed E-state index contributed by atoms with van der Waals surface area (Å²) < 4.78 is 10.3. The molecule has 1 N–H and O–H groups in total. The summed E-state index contributed by atoms with van der Waals surface area (Å²) in [5.74, 6) is -2.54. The van der Waals surface area contributed by atoms with Crippen LogP contribution in [0, 0.1) is 6.92 Å². The number of rotatable bonds is 6. The predicted molar refractivity (Wildman–Crippen MR) is 141 cm³/mol. The zero-order valence-electron chi connectivity index (χ0n) is 20.2. The molecule has 1 atom stereocenters. The molecule has 190 valence electrons. The van der Waals surface area contributed by atoms with Crippen LogP contribution in [0.3, 0.4) is 0 Å². The maximum atomic E-state index is 13.4. The molecule has 0 aliphatic carbocycles. The molecule has 0 bridgehead atoms. The molecule has 7 nitrogen and oxygen atoms in total. The highest BCUT2D eigenvalue weighted by Gasteiger charge is 2.47. The van der Waals surface area contributed by atoms with Gasteiger partial charge in [-0.15, -0.1) is 0 Å². The highest BCUT2D eigenvalue weighted by atomic mass is 35.5. The molecule has 1 fully saturated rings. The number of aliphatic hydroxyl groups excluding tert-OH is 1. The number of carbonyl (C=O) groups is 3. The van der Waals surface area contributed by atoms with Crippen LogP contribution in [0.4, 0.5) is 5.69 Å². The van der Waals surface area contributed by atoms with Gasteiger partial charge < -0.3 is 14.6 Å². The predicted octanol–water partition coefficient (Wildman–Crippen LogP) is 6.11. The Kier molecular flexibility index (Phi) is 7.57. The topological polar surface area (TPSA) is 93.1 Å². The summed E-state index contributed by atoms with van der Waals surface area (Å²) >= 11 is 12.6. The number of aliphatic hydroxyl groups is 1. The van der Waals surface area contributed by atoms with E-state index in [0.29, 0.717) is 11.3 Å². The molecule has 0 radical (unpaired) electrons. The van der Waals surface area contributed by atoms with Crippen molar-refractivity contribution in [3.8, 4) is 5.75 Å². The van der Waals surface area contributed by atoms with Crippen molar-refractivity contribution in [1.29, 1.82) is 0 Å². The number of esters is 1. The number of carbonyl (C=O) groups excluding carboxylic acids is 3. The number of methoxy groups -OCH3 is 1. The number of hydrogen-bond acceptors (Lipinski definition) is 6. The molecule has 1 aliphatic heterocycles. The van der Waals surface area contributed by atoms with Gasteiger partial charge in [0.25, 0.3) is 11.7 Å². The monoisotopic (exact) mass is 539 g/mol. The largest absolute Gasteiger partial charge is 0.507 e. The van der Waals surface area contributed by atoms with Crippen LogP contribution in [0.25, 0.3) is 5.76 Å². The summed E-state index contributed by atoms with van der Waals surface area (Å²) in [6, 6.07) is 15.3. The minimum Gasteiger partial charge on any atom is -0.507 e. The molecule has 4 rings (SSSR count). The van der Waals surface area contributed by atoms with E-state index in [9.17, 15) is 19.5 Å². The second kappa shape index (κ2) is 10.7. The zero-order chi connectivity index (χ0) is 26.9. The van der Waals surface area contributed by atoms with E-state index in [0.717, 1.165) is 5.56 Å². The third kappa shape index (κ3) is 4.80. The van der Waals surface area contributed by atoms with Crippen LogP contribution in [-0.2, 0) is 14.3 Å². The molecule has 0 aromatic heterocycles. The molecular formula is C28H23Cl2NO6. The number of benzene rings is 3. The van der Waals surface area contributed by atoms with Gasteiger partial charge in [0.2, 0.25) is 0 Å². The van der Waals surface area contributed by atoms with E-state index in [1.807, 2.05) is 19.1 Å². The summed E-state index contributed by atoms with van der Waals surface area (Å²) in [4.78, 5) is 40.5. The van der Waals surface area contributed by atoms with Crippen molar-refractivity contribution in [2.75, 3.05) is 18.6 Å². The minimum atomic E-state index is -0.988. The second-order valence-corrected chi connectivity index (χ2v) is 9.08. The van der Waals surface area contributed by atoms with E-state index in [1.54, 1.807) is 37.3 Å². The van der Waals surface area contributed by atoms with E-state index in [4.69, 9.17) is 32.7 Å². The second-order valence-electron chi connectivity index (χ2n) is 8.27. The molecule has 3 aromatic rings. The number of nitrogens with zero attached hydrogens (tertiary/aromatic N) is 1. The van der Waals surface area contributed by atoms with Crippen LogP contribution in [0.1, 0.15) is 40.0 Å². The van der Waals surface area contributed by atoms with Crippen LogP contribution in [0.2, 0.25) is 10.0 Å². The highest BCUT2D eigenvalue weighted by Crippen LogP contribution is 2.44. The minimum absolute atomic E-state index is 0.125. The maximum absolute atomic E-state index is 13.4. The van der Waals surface area contributed by atoms with Gasteiger partial charge in [0.05, 0.1) is 40.9 Å². The normalized spacial score (nSPS) is 16.7. The van der Waals surface area contributed by atoms with Crippen molar-refractivity contribution in [3.05, 3.63) is 98.5 Å². The van der Waals surface area contributed by atoms with E-state index in [2.05, 4.69) is 0 Å². The molecule has 3 aromatic carbocycles. The Balaban J connectivity index is 1.95. The zero-order valence-corrected chi connectivity index (χ0v) is 21.8. The van der Waals surface area contributed by atoms with E-state index in [-0.39, 0.29) is 39.1 Å². The summed E-state index contributed by atoms with van der Waals surface area (Å²) in [6.45, 7) is 3.71. The Labute approximate surface area is 223 Å². The SMILES string of the molecule is CCOC(=O)c1cccc(N2C(=O)C(=O)/C(=C(/O)c3cc(Cl)c(OC)c(Cl)c3)C2c2ccccc2C)c1. The van der Waals surface area contributed by atoms with Gasteiger partial charge >= 0.3 is 5.97 Å². The van der Waals surface area contributed by atoms with Crippen molar-refractivity contribution in [2.24, 2.45) is 0 Å². The lowest BCUT2D eigenvalue weighted by molar-refractivity contribution is -0.132. The fourth-order valence-electron chi connectivity index (χ4n) is 4.33. The van der Waals surface area contributed by atoms with Gasteiger partial charge in [0.15, 0.2) is 5.75 Å². The molecule has 1 saturated heterocycles. The first kappa shape index (κ1) is 26.3. The number of Topliss-reactive ketones (excluding diaryl/α,β-unsaturated/α-hetero) is 1. The molecule has 1 heterocycles. The van der Waals surface area contributed by atoms with Crippen molar-refractivity contribution in [2.45, 2.75) is 19.9 Å². The number of halogens is 2. The Morgan fingerprint density at radius 3 is 2.30 bits per heavy atom. The summed E-state index contributed by atoms with van der Waals surface area (Å²) in [5, 5.41) is 11.6. The lowest BCUT2D eigenvalue weighted by Gasteiger charge is -2.27. The summed E-state index contributed by atoms with van der Waals surface area (Å²) in [7, 11) is 1.40. The Morgan fingerprint density at radius 2 is 1.68 bits per heavy atom. The third-order valence-electron chi connectivity index (χ3n) is 6.04. The van der Waals surface area contributed by atoms with Crippen LogP contribution in [0.15, 0.2) is 66.2 Å². The maximum Gasteiger partial charge on any atom is 0.338 e. The summed E-state index contributed by atoms with van der Waals surface area (Å²) in [6.07, 6.45) is 0. The van der Waals surface area contributed by atoms with Gasteiger partial charge in [-0.25, -0.2) is 4.79 Å². The van der Waals surface area contributed by atoms with Crippen molar-refractivity contribution in [3.63, 3.8) is 0 Å². The molecule has 0 spiro atoms. The van der Waals surface area contributed by atoms with Crippen molar-refractivity contribution >= 4 is 52.3 Å². The fourth-order valence-corrected chi connectivity index (χ4v) is 4.97. The molecule has 9 heteroatoms. The first-order chi connectivity index (χ1) is 17.7. The van der Waals surface area contributed by atoms with Crippen LogP contribution in [0.5, 0.6) is 5.75 Å². The van der Waals surface area contributed by atoms with Gasteiger partial charge in [-0.1, -0.05) is 53.5 Å².